The summed E-state index contributed by atoms with van der Waals surface area (Å²) in [6, 6.07) is 4.44. The zero-order valence-corrected chi connectivity index (χ0v) is 12.0. The Balaban J connectivity index is 2.28. The number of benzene rings is 1. The molecule has 0 radical (unpaired) electrons. The minimum Gasteiger partial charge on any atom is -0.406 e. The zero-order valence-electron chi connectivity index (χ0n) is 12.0. The molecule has 0 amide bonds. The van der Waals surface area contributed by atoms with Crippen LogP contribution in [0.25, 0.3) is 5.57 Å². The molecule has 1 unspecified atom stereocenters. The van der Waals surface area contributed by atoms with E-state index in [0.717, 1.165) is 24.3 Å². The first-order valence-corrected chi connectivity index (χ1v) is 6.54. The van der Waals surface area contributed by atoms with Gasteiger partial charge in [0.2, 0.25) is 0 Å². The van der Waals surface area contributed by atoms with Crippen molar-refractivity contribution in [1.82, 2.24) is 0 Å². The number of rotatable bonds is 3. The van der Waals surface area contributed by atoms with Crippen LogP contribution in [0.2, 0.25) is 0 Å². The lowest BCUT2D eigenvalue weighted by atomic mass is 9.86. The minimum atomic E-state index is -4.96. The van der Waals surface area contributed by atoms with E-state index < -0.39 is 35.9 Å². The standard InChI is InChI=1S/C15H10F6O3/c1-8-12(6-11(7-13(8)22)24-15(19,20)21)9-2-4-10(5-3-9)23-14(16,17)18/h2-8H,1H3. The summed E-state index contributed by atoms with van der Waals surface area (Å²) in [5.74, 6) is -2.54. The Labute approximate surface area is 132 Å². The molecule has 1 aliphatic rings. The van der Waals surface area contributed by atoms with Gasteiger partial charge in [-0.2, -0.15) is 0 Å². The topological polar surface area (TPSA) is 35.5 Å². The second kappa shape index (κ2) is 6.21. The molecule has 130 valence electrons. The molecule has 0 bridgehead atoms. The van der Waals surface area contributed by atoms with Gasteiger partial charge in [-0.15, -0.1) is 26.3 Å². The van der Waals surface area contributed by atoms with Crippen LogP contribution in [-0.2, 0) is 9.53 Å². The number of allylic oxidation sites excluding steroid dienone is 3. The number of carbonyl (C=O) groups excluding carboxylic acids is 1. The second-order valence-corrected chi connectivity index (χ2v) is 4.89. The van der Waals surface area contributed by atoms with Gasteiger partial charge in [-0.1, -0.05) is 19.1 Å². The Morgan fingerprint density at radius 2 is 1.42 bits per heavy atom. The number of carbonyl (C=O) groups is 1. The molecule has 0 fully saturated rings. The Hall–Kier alpha value is -2.45. The van der Waals surface area contributed by atoms with E-state index in [1.54, 1.807) is 0 Å². The Kier molecular flexibility index (Phi) is 4.63. The highest BCUT2D eigenvalue weighted by Gasteiger charge is 2.34. The first kappa shape index (κ1) is 17.9. The Morgan fingerprint density at radius 1 is 0.875 bits per heavy atom. The Bertz CT molecular complexity index is 683. The number of hydrogen-bond donors (Lipinski definition) is 0. The molecule has 0 aromatic heterocycles. The number of halogens is 6. The molecule has 0 saturated carbocycles. The van der Waals surface area contributed by atoms with Crippen LogP contribution >= 0.6 is 0 Å². The summed E-state index contributed by atoms with van der Waals surface area (Å²) in [5, 5.41) is 0. The summed E-state index contributed by atoms with van der Waals surface area (Å²) >= 11 is 0. The van der Waals surface area contributed by atoms with E-state index in [1.807, 2.05) is 0 Å². The molecular weight excluding hydrogens is 342 g/mol. The van der Waals surface area contributed by atoms with Crippen molar-refractivity contribution in [2.24, 2.45) is 5.92 Å². The van der Waals surface area contributed by atoms with E-state index in [0.29, 0.717) is 0 Å². The van der Waals surface area contributed by atoms with Gasteiger partial charge in [-0.3, -0.25) is 4.79 Å². The lowest BCUT2D eigenvalue weighted by Gasteiger charge is -2.21. The van der Waals surface area contributed by atoms with E-state index in [4.69, 9.17) is 0 Å². The van der Waals surface area contributed by atoms with Crippen molar-refractivity contribution in [1.29, 1.82) is 0 Å². The predicted molar refractivity (Wildman–Crippen MR) is 70.5 cm³/mol. The van der Waals surface area contributed by atoms with Crippen molar-refractivity contribution in [2.45, 2.75) is 19.6 Å². The smallest absolute Gasteiger partial charge is 0.406 e. The van der Waals surface area contributed by atoms with Crippen LogP contribution in [0.5, 0.6) is 5.75 Å². The number of ether oxygens (including phenoxy) is 2. The quantitative estimate of drug-likeness (QED) is 0.746. The van der Waals surface area contributed by atoms with Gasteiger partial charge in [-0.05, 0) is 29.3 Å². The average Bonchev–Trinajstić information content (AvgIpc) is 2.40. The van der Waals surface area contributed by atoms with E-state index in [-0.39, 0.29) is 11.1 Å². The first-order chi connectivity index (χ1) is 10.9. The van der Waals surface area contributed by atoms with Crippen molar-refractivity contribution >= 4 is 11.4 Å². The largest absolute Gasteiger partial charge is 0.573 e. The summed E-state index contributed by atoms with van der Waals surface area (Å²) in [6.07, 6.45) is -8.06. The highest BCUT2D eigenvalue weighted by Crippen LogP contribution is 2.34. The summed E-state index contributed by atoms with van der Waals surface area (Å²) in [7, 11) is 0. The van der Waals surface area contributed by atoms with Crippen LogP contribution in [0.4, 0.5) is 26.3 Å². The van der Waals surface area contributed by atoms with Gasteiger partial charge in [0.05, 0.1) is 0 Å². The van der Waals surface area contributed by atoms with Crippen molar-refractivity contribution in [3.05, 3.63) is 47.7 Å². The molecule has 1 aromatic carbocycles. The van der Waals surface area contributed by atoms with Gasteiger partial charge in [0.1, 0.15) is 11.5 Å². The molecular formula is C15H10F6O3. The molecule has 1 aromatic rings. The molecule has 24 heavy (non-hydrogen) atoms. The molecule has 2 rings (SSSR count). The fourth-order valence-electron chi connectivity index (χ4n) is 2.11. The summed E-state index contributed by atoms with van der Waals surface area (Å²) in [4.78, 5) is 11.8. The summed E-state index contributed by atoms with van der Waals surface area (Å²) in [6.45, 7) is 1.47. The fraction of sp³-hybridized carbons (Fsp3) is 0.267. The molecule has 9 heteroatoms. The average molecular weight is 352 g/mol. The van der Waals surface area contributed by atoms with E-state index in [9.17, 15) is 31.1 Å². The van der Waals surface area contributed by atoms with Gasteiger partial charge in [0.15, 0.2) is 5.78 Å². The summed E-state index contributed by atoms with van der Waals surface area (Å²) in [5.41, 5.74) is 0.474. The third-order valence-corrected chi connectivity index (χ3v) is 3.13. The van der Waals surface area contributed by atoms with E-state index in [2.05, 4.69) is 9.47 Å². The van der Waals surface area contributed by atoms with Gasteiger partial charge < -0.3 is 9.47 Å². The molecule has 3 nitrogen and oxygen atoms in total. The maximum Gasteiger partial charge on any atom is 0.573 e. The van der Waals surface area contributed by atoms with Gasteiger partial charge in [0, 0.05) is 12.0 Å². The number of hydrogen-bond acceptors (Lipinski definition) is 3. The third kappa shape index (κ3) is 4.77. The normalized spacial score (nSPS) is 18.8. The molecule has 0 saturated heterocycles. The van der Waals surface area contributed by atoms with Gasteiger partial charge in [-0.25, -0.2) is 0 Å². The molecule has 1 atom stereocenters. The van der Waals surface area contributed by atoms with Crippen molar-refractivity contribution < 1.29 is 40.6 Å². The van der Waals surface area contributed by atoms with Crippen LogP contribution < -0.4 is 4.74 Å². The number of ketones is 1. The first-order valence-electron chi connectivity index (χ1n) is 6.54. The number of alkyl halides is 6. The van der Waals surface area contributed by atoms with Crippen molar-refractivity contribution in [2.75, 3.05) is 0 Å². The SMILES string of the molecule is CC1C(=O)C=C(OC(F)(F)F)C=C1c1ccc(OC(F)(F)F)cc1. The van der Waals surface area contributed by atoms with Gasteiger partial charge in [0.25, 0.3) is 0 Å². The highest BCUT2D eigenvalue weighted by atomic mass is 19.4. The fourth-order valence-corrected chi connectivity index (χ4v) is 2.11. The lowest BCUT2D eigenvalue weighted by molar-refractivity contribution is -0.303. The van der Waals surface area contributed by atoms with Gasteiger partial charge >= 0.3 is 12.7 Å². The maximum atomic E-state index is 12.3. The van der Waals surface area contributed by atoms with Crippen molar-refractivity contribution in [3.8, 4) is 5.75 Å². The molecule has 0 aliphatic heterocycles. The van der Waals surface area contributed by atoms with Crippen LogP contribution in [0, 0.1) is 5.92 Å². The third-order valence-electron chi connectivity index (χ3n) is 3.13. The van der Waals surface area contributed by atoms with Crippen LogP contribution in [0.15, 0.2) is 42.2 Å². The highest BCUT2D eigenvalue weighted by molar-refractivity contribution is 6.03. The molecule has 0 N–H and O–H groups in total. The Morgan fingerprint density at radius 3 is 1.92 bits per heavy atom. The zero-order chi connectivity index (χ0) is 18.1. The summed E-state index contributed by atoms with van der Waals surface area (Å²) < 4.78 is 80.6. The van der Waals surface area contributed by atoms with Crippen LogP contribution in [0.3, 0.4) is 0 Å². The van der Waals surface area contributed by atoms with Crippen LogP contribution in [-0.4, -0.2) is 18.5 Å². The van der Waals surface area contributed by atoms with Crippen molar-refractivity contribution in [3.63, 3.8) is 0 Å². The van der Waals surface area contributed by atoms with E-state index in [1.165, 1.54) is 19.1 Å². The lowest BCUT2D eigenvalue weighted by Crippen LogP contribution is -2.20. The second-order valence-electron chi connectivity index (χ2n) is 4.89. The van der Waals surface area contributed by atoms with E-state index >= 15 is 0 Å². The molecule has 1 aliphatic carbocycles. The minimum absolute atomic E-state index is 0.195. The maximum absolute atomic E-state index is 12.3. The molecule has 0 heterocycles. The van der Waals surface area contributed by atoms with Crippen LogP contribution in [0.1, 0.15) is 12.5 Å². The molecule has 0 spiro atoms. The monoisotopic (exact) mass is 352 g/mol. The predicted octanol–water partition coefficient (Wildman–Crippen LogP) is 4.61.